The fraction of sp³-hybridized carbons (Fsp3) is 0.600. The molecule has 4 heteroatoms. The Balaban J connectivity index is 1.82. The summed E-state index contributed by atoms with van der Waals surface area (Å²) in [6, 6.07) is 6.68. The van der Waals surface area contributed by atoms with Crippen LogP contribution in [0.2, 0.25) is 0 Å². The second-order valence-corrected chi connectivity index (χ2v) is 6.41. The zero-order valence-electron chi connectivity index (χ0n) is 11.4. The number of hydrogen-bond donors (Lipinski definition) is 1. The molecule has 0 bridgehead atoms. The normalized spacial score (nSPS) is 32.6. The van der Waals surface area contributed by atoms with E-state index in [4.69, 9.17) is 9.47 Å². The molecule has 19 heavy (non-hydrogen) atoms. The molecule has 0 aromatic heterocycles. The fourth-order valence-corrected chi connectivity index (χ4v) is 3.61. The maximum atomic E-state index is 6.29. The molecule has 104 valence electrons. The van der Waals surface area contributed by atoms with E-state index in [0.29, 0.717) is 12.1 Å². The van der Waals surface area contributed by atoms with Crippen LogP contribution in [0.5, 0.6) is 5.75 Å². The van der Waals surface area contributed by atoms with Gasteiger partial charge in [-0.2, -0.15) is 0 Å². The molecule has 1 aromatic rings. The van der Waals surface area contributed by atoms with Gasteiger partial charge in [0.2, 0.25) is 0 Å². The summed E-state index contributed by atoms with van der Waals surface area (Å²) in [5.41, 5.74) is 1.23. The summed E-state index contributed by atoms with van der Waals surface area (Å²) in [7, 11) is 2.02. The summed E-state index contributed by atoms with van der Waals surface area (Å²) in [6.45, 7) is 2.84. The first kappa shape index (κ1) is 13.4. The molecule has 1 fully saturated rings. The minimum atomic E-state index is -0.0265. The predicted molar refractivity (Wildman–Crippen MR) is 78.6 cm³/mol. The van der Waals surface area contributed by atoms with E-state index in [-0.39, 0.29) is 5.60 Å². The topological polar surface area (TPSA) is 30.5 Å². The molecule has 1 spiro atoms. The van der Waals surface area contributed by atoms with E-state index in [1.807, 2.05) is 7.05 Å². The van der Waals surface area contributed by atoms with Crippen molar-refractivity contribution < 1.29 is 9.47 Å². The van der Waals surface area contributed by atoms with Gasteiger partial charge in [-0.3, -0.25) is 0 Å². The zero-order valence-corrected chi connectivity index (χ0v) is 13.0. The van der Waals surface area contributed by atoms with Gasteiger partial charge >= 0.3 is 0 Å². The number of ether oxygens (including phenoxy) is 2. The van der Waals surface area contributed by atoms with Crippen molar-refractivity contribution in [2.24, 2.45) is 0 Å². The molecule has 0 saturated heterocycles. The molecule has 0 amide bonds. The maximum absolute atomic E-state index is 6.29. The number of rotatable bonds is 3. The number of fused-ring (bicyclic) bond motifs is 1. The molecular formula is C15H20BrNO2. The van der Waals surface area contributed by atoms with Gasteiger partial charge in [0.05, 0.1) is 6.10 Å². The minimum absolute atomic E-state index is 0.0265. The monoisotopic (exact) mass is 325 g/mol. The highest BCUT2D eigenvalue weighted by atomic mass is 79.9. The Hall–Kier alpha value is -0.580. The Labute approximate surface area is 122 Å². The molecule has 1 aliphatic carbocycles. The van der Waals surface area contributed by atoms with Crippen molar-refractivity contribution in [2.45, 2.75) is 43.9 Å². The van der Waals surface area contributed by atoms with Gasteiger partial charge in [0, 0.05) is 41.9 Å². The summed E-state index contributed by atoms with van der Waals surface area (Å²) < 4.78 is 13.0. The van der Waals surface area contributed by atoms with Crippen LogP contribution in [0.15, 0.2) is 22.7 Å². The van der Waals surface area contributed by atoms with Crippen molar-refractivity contribution in [1.29, 1.82) is 0 Å². The number of nitrogens with one attached hydrogen (secondary N) is 1. The SMILES string of the molecule is CCOC1CC2(C1)CC(NC)c1ccc(Br)cc1O2. The van der Waals surface area contributed by atoms with Crippen LogP contribution in [0.4, 0.5) is 0 Å². The molecule has 3 rings (SSSR count). The summed E-state index contributed by atoms with van der Waals surface area (Å²) in [5.74, 6) is 1.01. The Morgan fingerprint density at radius 2 is 2.21 bits per heavy atom. The third-order valence-electron chi connectivity index (χ3n) is 4.20. The average Bonchev–Trinajstić information content (AvgIpc) is 2.35. The van der Waals surface area contributed by atoms with Crippen LogP contribution >= 0.6 is 15.9 Å². The van der Waals surface area contributed by atoms with Crippen molar-refractivity contribution in [1.82, 2.24) is 5.32 Å². The first-order chi connectivity index (χ1) is 9.15. The molecule has 1 atom stereocenters. The van der Waals surface area contributed by atoms with Gasteiger partial charge in [-0.05, 0) is 26.1 Å². The van der Waals surface area contributed by atoms with Crippen LogP contribution < -0.4 is 10.1 Å². The van der Waals surface area contributed by atoms with Gasteiger partial charge in [-0.15, -0.1) is 0 Å². The zero-order chi connectivity index (χ0) is 13.5. The number of hydrogen-bond acceptors (Lipinski definition) is 3. The van der Waals surface area contributed by atoms with Crippen molar-refractivity contribution in [3.05, 3.63) is 28.2 Å². The second kappa shape index (κ2) is 5.08. The molecule has 0 radical (unpaired) electrons. The van der Waals surface area contributed by atoms with Crippen molar-refractivity contribution in [3.8, 4) is 5.75 Å². The first-order valence-electron chi connectivity index (χ1n) is 6.93. The highest BCUT2D eigenvalue weighted by Gasteiger charge is 2.51. The van der Waals surface area contributed by atoms with Crippen LogP contribution in [0.3, 0.4) is 0 Å². The fourth-order valence-electron chi connectivity index (χ4n) is 3.27. The van der Waals surface area contributed by atoms with E-state index in [9.17, 15) is 0 Å². The lowest BCUT2D eigenvalue weighted by molar-refractivity contribution is -0.135. The smallest absolute Gasteiger partial charge is 0.126 e. The maximum Gasteiger partial charge on any atom is 0.126 e. The lowest BCUT2D eigenvalue weighted by Gasteiger charge is -2.51. The Bertz CT molecular complexity index is 471. The predicted octanol–water partition coefficient (Wildman–Crippen LogP) is 3.43. The first-order valence-corrected chi connectivity index (χ1v) is 7.72. The van der Waals surface area contributed by atoms with E-state index < -0.39 is 0 Å². The lowest BCUT2D eigenvalue weighted by Crippen LogP contribution is -2.56. The number of halogens is 1. The third kappa shape index (κ3) is 2.41. The van der Waals surface area contributed by atoms with Crippen molar-refractivity contribution in [2.75, 3.05) is 13.7 Å². The van der Waals surface area contributed by atoms with Crippen LogP contribution in [0.25, 0.3) is 0 Å². The molecule has 1 aliphatic heterocycles. The molecule has 1 aromatic carbocycles. The average molecular weight is 326 g/mol. The largest absolute Gasteiger partial charge is 0.487 e. The van der Waals surface area contributed by atoms with Crippen LogP contribution in [-0.2, 0) is 4.74 Å². The highest BCUT2D eigenvalue weighted by molar-refractivity contribution is 9.10. The summed E-state index contributed by atoms with van der Waals surface area (Å²) in [5, 5.41) is 3.41. The molecular weight excluding hydrogens is 306 g/mol. The molecule has 1 N–H and O–H groups in total. The van der Waals surface area contributed by atoms with E-state index in [1.54, 1.807) is 0 Å². The Morgan fingerprint density at radius 1 is 1.42 bits per heavy atom. The summed E-state index contributed by atoms with van der Waals surface area (Å²) in [6.07, 6.45) is 3.41. The van der Waals surface area contributed by atoms with Crippen LogP contribution in [0, 0.1) is 0 Å². The van der Waals surface area contributed by atoms with Gasteiger partial charge in [0.1, 0.15) is 11.4 Å². The number of benzene rings is 1. The van der Waals surface area contributed by atoms with Gasteiger partial charge < -0.3 is 14.8 Å². The van der Waals surface area contributed by atoms with Crippen molar-refractivity contribution in [3.63, 3.8) is 0 Å². The highest BCUT2D eigenvalue weighted by Crippen LogP contribution is 2.50. The van der Waals surface area contributed by atoms with Crippen LogP contribution in [0.1, 0.15) is 37.8 Å². The quantitative estimate of drug-likeness (QED) is 0.923. The summed E-state index contributed by atoms with van der Waals surface area (Å²) in [4.78, 5) is 0. The molecule has 2 aliphatic rings. The second-order valence-electron chi connectivity index (χ2n) is 5.50. The summed E-state index contributed by atoms with van der Waals surface area (Å²) >= 11 is 3.52. The molecule has 3 nitrogen and oxygen atoms in total. The molecule has 1 unspecified atom stereocenters. The van der Waals surface area contributed by atoms with E-state index in [1.165, 1.54) is 5.56 Å². The van der Waals surface area contributed by atoms with Gasteiger partial charge in [-0.1, -0.05) is 22.0 Å². The van der Waals surface area contributed by atoms with E-state index in [0.717, 1.165) is 36.1 Å². The minimum Gasteiger partial charge on any atom is -0.487 e. The van der Waals surface area contributed by atoms with Gasteiger partial charge in [-0.25, -0.2) is 0 Å². The van der Waals surface area contributed by atoms with E-state index >= 15 is 0 Å². The third-order valence-corrected chi connectivity index (χ3v) is 4.70. The van der Waals surface area contributed by atoms with E-state index in [2.05, 4.69) is 46.4 Å². The van der Waals surface area contributed by atoms with Crippen molar-refractivity contribution >= 4 is 15.9 Å². The van der Waals surface area contributed by atoms with Gasteiger partial charge in [0.15, 0.2) is 0 Å². The molecule has 1 saturated carbocycles. The van der Waals surface area contributed by atoms with Gasteiger partial charge in [0.25, 0.3) is 0 Å². The Morgan fingerprint density at radius 3 is 2.89 bits per heavy atom. The molecule has 1 heterocycles. The lowest BCUT2D eigenvalue weighted by atomic mass is 9.71. The Kier molecular flexibility index (Phi) is 3.58. The van der Waals surface area contributed by atoms with Crippen LogP contribution in [-0.4, -0.2) is 25.4 Å². The standard InChI is InChI=1S/C15H20BrNO2/c1-3-18-11-7-15(8-11)9-13(17-2)12-5-4-10(16)6-14(12)19-15/h4-6,11,13,17H,3,7-9H2,1-2H3.